The molecular weight excluding hydrogens is 330 g/mol. The van der Waals surface area contributed by atoms with Crippen LogP contribution in [0.2, 0.25) is 0 Å². The summed E-state index contributed by atoms with van der Waals surface area (Å²) in [6, 6.07) is 11.6. The summed E-state index contributed by atoms with van der Waals surface area (Å²) in [5.41, 5.74) is 5.90. The van der Waals surface area contributed by atoms with Crippen molar-refractivity contribution in [3.05, 3.63) is 41.3 Å². The Morgan fingerprint density at radius 2 is 1.87 bits per heavy atom. The van der Waals surface area contributed by atoms with Crippen LogP contribution in [0.25, 0.3) is 20.1 Å². The molecular formula is C16H13N3O2S2. The summed E-state index contributed by atoms with van der Waals surface area (Å²) in [5, 5.41) is 0.900. The number of nitrogens with zero attached hydrogens (tertiary/aromatic N) is 1. The molecule has 23 heavy (non-hydrogen) atoms. The fraction of sp³-hybridized carbons (Fsp3) is 0.188. The van der Waals surface area contributed by atoms with E-state index in [1.165, 1.54) is 11.3 Å². The molecule has 0 aliphatic heterocycles. The van der Waals surface area contributed by atoms with Crippen molar-refractivity contribution in [2.45, 2.75) is 12.8 Å². The number of aromatic nitrogens is 1. The van der Waals surface area contributed by atoms with Crippen LogP contribution in [0.5, 0.6) is 0 Å². The van der Waals surface area contributed by atoms with E-state index in [0.29, 0.717) is 4.88 Å². The van der Waals surface area contributed by atoms with Crippen LogP contribution in [0.1, 0.15) is 22.5 Å². The molecule has 116 valence electrons. The van der Waals surface area contributed by atoms with Gasteiger partial charge in [-0.3, -0.25) is 20.4 Å². The average Bonchev–Trinajstić information content (AvgIpc) is 3.14. The van der Waals surface area contributed by atoms with Gasteiger partial charge in [0.1, 0.15) is 5.01 Å². The predicted octanol–water partition coefficient (Wildman–Crippen LogP) is 3.20. The zero-order valence-corrected chi connectivity index (χ0v) is 13.7. The maximum absolute atomic E-state index is 12.1. The molecule has 0 spiro atoms. The van der Waals surface area contributed by atoms with Crippen LogP contribution in [-0.4, -0.2) is 16.8 Å². The van der Waals surface area contributed by atoms with Crippen molar-refractivity contribution in [3.8, 4) is 9.88 Å². The standard InChI is InChI=1S/C16H13N3O2S2/c20-14(9-5-6-9)18-19-15(21)12-7-8-13(22-12)16-17-10-3-1-2-4-11(10)23-16/h1-4,7-9H,5-6H2,(H,18,20)(H,19,21). The smallest absolute Gasteiger partial charge is 0.273 e. The summed E-state index contributed by atoms with van der Waals surface area (Å²) >= 11 is 2.97. The van der Waals surface area contributed by atoms with Crippen LogP contribution in [0.15, 0.2) is 36.4 Å². The third kappa shape index (κ3) is 2.97. The highest BCUT2D eigenvalue weighted by atomic mass is 32.1. The molecule has 3 aromatic rings. The van der Waals surface area contributed by atoms with Gasteiger partial charge in [0.25, 0.3) is 5.91 Å². The normalized spacial score (nSPS) is 13.9. The van der Waals surface area contributed by atoms with Crippen LogP contribution < -0.4 is 10.9 Å². The van der Waals surface area contributed by atoms with E-state index in [-0.39, 0.29) is 17.7 Å². The first-order chi connectivity index (χ1) is 11.2. The molecule has 0 unspecified atom stereocenters. The lowest BCUT2D eigenvalue weighted by Gasteiger charge is -2.04. The molecule has 2 amide bonds. The summed E-state index contributed by atoms with van der Waals surface area (Å²) in [5.74, 6) is -0.338. The van der Waals surface area contributed by atoms with Gasteiger partial charge in [-0.1, -0.05) is 12.1 Å². The van der Waals surface area contributed by atoms with Gasteiger partial charge in [0.2, 0.25) is 5.91 Å². The number of para-hydroxylation sites is 1. The van der Waals surface area contributed by atoms with Crippen molar-refractivity contribution in [2.75, 3.05) is 0 Å². The minimum Gasteiger partial charge on any atom is -0.273 e. The van der Waals surface area contributed by atoms with Crippen LogP contribution in [0.3, 0.4) is 0 Å². The van der Waals surface area contributed by atoms with Crippen molar-refractivity contribution < 1.29 is 9.59 Å². The molecule has 1 aliphatic rings. The molecule has 7 heteroatoms. The number of hydrazine groups is 1. The van der Waals surface area contributed by atoms with E-state index in [0.717, 1.165) is 32.9 Å². The molecule has 1 aromatic carbocycles. The highest BCUT2D eigenvalue weighted by Crippen LogP contribution is 2.34. The Morgan fingerprint density at radius 1 is 1.04 bits per heavy atom. The summed E-state index contributed by atoms with van der Waals surface area (Å²) in [6.45, 7) is 0. The lowest BCUT2D eigenvalue weighted by Crippen LogP contribution is -2.42. The SMILES string of the molecule is O=C(NNC(=O)C1CC1)c1ccc(-c2nc3ccccc3s2)s1. The third-order valence-corrected chi connectivity index (χ3v) is 5.87. The van der Waals surface area contributed by atoms with Crippen molar-refractivity contribution in [1.29, 1.82) is 0 Å². The largest absolute Gasteiger partial charge is 0.279 e. The molecule has 5 nitrogen and oxygen atoms in total. The molecule has 0 saturated heterocycles. The Bertz CT molecular complexity index is 863. The topological polar surface area (TPSA) is 71.1 Å². The zero-order valence-electron chi connectivity index (χ0n) is 12.0. The number of benzene rings is 1. The fourth-order valence-electron chi connectivity index (χ4n) is 2.18. The van der Waals surface area contributed by atoms with Crippen molar-refractivity contribution in [2.24, 2.45) is 5.92 Å². The minimum absolute atomic E-state index is 0.0666. The third-order valence-electron chi connectivity index (χ3n) is 3.58. The van der Waals surface area contributed by atoms with E-state index in [1.807, 2.05) is 30.3 Å². The van der Waals surface area contributed by atoms with E-state index >= 15 is 0 Å². The number of hydrogen-bond donors (Lipinski definition) is 2. The summed E-state index contributed by atoms with van der Waals surface area (Å²) in [7, 11) is 0. The Kier molecular flexibility index (Phi) is 3.59. The maximum Gasteiger partial charge on any atom is 0.279 e. The number of amides is 2. The number of rotatable bonds is 3. The highest BCUT2D eigenvalue weighted by molar-refractivity contribution is 7.26. The van der Waals surface area contributed by atoms with Crippen LogP contribution >= 0.6 is 22.7 Å². The molecule has 2 N–H and O–H groups in total. The molecule has 2 heterocycles. The van der Waals surface area contributed by atoms with Crippen LogP contribution in [-0.2, 0) is 4.79 Å². The maximum atomic E-state index is 12.1. The molecule has 2 aromatic heterocycles. The number of carbonyl (C=O) groups is 2. The first-order valence-corrected chi connectivity index (χ1v) is 8.90. The minimum atomic E-state index is -0.295. The van der Waals surface area contributed by atoms with Gasteiger partial charge in [-0.15, -0.1) is 22.7 Å². The molecule has 0 bridgehead atoms. The van der Waals surface area contributed by atoms with Gasteiger partial charge >= 0.3 is 0 Å². The van der Waals surface area contributed by atoms with Crippen LogP contribution in [0.4, 0.5) is 0 Å². The van der Waals surface area contributed by atoms with E-state index < -0.39 is 0 Å². The van der Waals surface area contributed by atoms with Crippen LogP contribution in [0, 0.1) is 5.92 Å². The Balaban J connectivity index is 1.49. The van der Waals surface area contributed by atoms with E-state index in [9.17, 15) is 9.59 Å². The fourth-order valence-corrected chi connectivity index (χ4v) is 4.10. The van der Waals surface area contributed by atoms with E-state index in [4.69, 9.17) is 0 Å². The highest BCUT2D eigenvalue weighted by Gasteiger charge is 2.29. The van der Waals surface area contributed by atoms with Gasteiger partial charge in [0, 0.05) is 5.92 Å². The average molecular weight is 343 g/mol. The first-order valence-electron chi connectivity index (χ1n) is 7.27. The Hall–Kier alpha value is -2.25. The molecule has 0 atom stereocenters. The number of hydrogen-bond acceptors (Lipinski definition) is 5. The summed E-state index contributed by atoms with van der Waals surface area (Å²) in [4.78, 5) is 29.7. The van der Waals surface area contributed by atoms with Gasteiger partial charge in [-0.25, -0.2) is 4.98 Å². The quantitative estimate of drug-likeness (QED) is 0.718. The van der Waals surface area contributed by atoms with E-state index in [2.05, 4.69) is 15.8 Å². The summed E-state index contributed by atoms with van der Waals surface area (Å²) < 4.78 is 1.12. The van der Waals surface area contributed by atoms with Gasteiger partial charge in [0.05, 0.1) is 20.0 Å². The number of fused-ring (bicyclic) bond motifs is 1. The molecule has 1 saturated carbocycles. The molecule has 1 fully saturated rings. The Morgan fingerprint density at radius 3 is 2.65 bits per heavy atom. The second-order valence-electron chi connectivity index (χ2n) is 5.37. The Labute approximate surface area is 140 Å². The molecule has 4 rings (SSSR count). The van der Waals surface area contributed by atoms with Gasteiger partial charge in [-0.2, -0.15) is 0 Å². The van der Waals surface area contributed by atoms with Crippen molar-refractivity contribution >= 4 is 44.7 Å². The van der Waals surface area contributed by atoms with Crippen molar-refractivity contribution in [3.63, 3.8) is 0 Å². The first kappa shape index (κ1) is 14.3. The van der Waals surface area contributed by atoms with Gasteiger partial charge in [0.15, 0.2) is 0 Å². The number of thiophene rings is 1. The lowest BCUT2D eigenvalue weighted by atomic mass is 10.3. The lowest BCUT2D eigenvalue weighted by molar-refractivity contribution is -0.123. The number of nitrogens with one attached hydrogen (secondary N) is 2. The number of thiazole rings is 1. The van der Waals surface area contributed by atoms with Crippen molar-refractivity contribution in [1.82, 2.24) is 15.8 Å². The second-order valence-corrected chi connectivity index (χ2v) is 7.48. The molecule has 0 radical (unpaired) electrons. The summed E-state index contributed by atoms with van der Waals surface area (Å²) in [6.07, 6.45) is 1.81. The monoisotopic (exact) mass is 343 g/mol. The zero-order chi connectivity index (χ0) is 15.8. The van der Waals surface area contributed by atoms with Gasteiger partial charge in [-0.05, 0) is 37.1 Å². The second kappa shape index (κ2) is 5.75. The van der Waals surface area contributed by atoms with Gasteiger partial charge < -0.3 is 0 Å². The number of carbonyl (C=O) groups excluding carboxylic acids is 2. The van der Waals surface area contributed by atoms with E-state index in [1.54, 1.807) is 17.4 Å². The molecule has 1 aliphatic carbocycles. The predicted molar refractivity (Wildman–Crippen MR) is 91.3 cm³/mol.